The van der Waals surface area contributed by atoms with Gasteiger partial charge in [-0.25, -0.2) is 8.42 Å². The highest BCUT2D eigenvalue weighted by Crippen LogP contribution is 2.13. The molecule has 1 aromatic heterocycles. The van der Waals surface area contributed by atoms with E-state index < -0.39 is 10.0 Å². The summed E-state index contributed by atoms with van der Waals surface area (Å²) in [6.45, 7) is 3.47. The Labute approximate surface area is 94.9 Å². The van der Waals surface area contributed by atoms with Gasteiger partial charge in [0.2, 0.25) is 10.0 Å². The lowest BCUT2D eigenvalue weighted by Crippen LogP contribution is -2.33. The van der Waals surface area contributed by atoms with Gasteiger partial charge in [-0.2, -0.15) is 9.40 Å². The Morgan fingerprint density at radius 1 is 1.69 bits per heavy atom. The van der Waals surface area contributed by atoms with Gasteiger partial charge in [0.1, 0.15) is 4.90 Å². The fourth-order valence-corrected chi connectivity index (χ4v) is 2.63. The summed E-state index contributed by atoms with van der Waals surface area (Å²) in [6.07, 6.45) is 4.18. The summed E-state index contributed by atoms with van der Waals surface area (Å²) >= 11 is 0. The first-order valence-electron chi connectivity index (χ1n) is 4.73. The van der Waals surface area contributed by atoms with Crippen LogP contribution in [0, 0.1) is 0 Å². The van der Waals surface area contributed by atoms with Crippen molar-refractivity contribution in [2.75, 3.05) is 19.7 Å². The molecule has 0 fully saturated rings. The van der Waals surface area contributed by atoms with Gasteiger partial charge in [0.05, 0.1) is 12.8 Å². The number of aliphatic hydroxyl groups excluding tert-OH is 1. The molecule has 0 saturated carbocycles. The normalized spacial score (nSPS) is 11.9. The largest absolute Gasteiger partial charge is 0.395 e. The van der Waals surface area contributed by atoms with E-state index >= 15 is 0 Å². The van der Waals surface area contributed by atoms with E-state index in [4.69, 9.17) is 5.11 Å². The monoisotopic (exact) mass is 245 g/mol. The lowest BCUT2D eigenvalue weighted by molar-refractivity contribution is 0.260. The van der Waals surface area contributed by atoms with Crippen LogP contribution in [0.2, 0.25) is 0 Å². The summed E-state index contributed by atoms with van der Waals surface area (Å²) in [7, 11) is -1.94. The van der Waals surface area contributed by atoms with Gasteiger partial charge < -0.3 is 5.11 Å². The third-order valence-electron chi connectivity index (χ3n) is 2.00. The third kappa shape index (κ3) is 2.69. The van der Waals surface area contributed by atoms with Crippen LogP contribution in [0.1, 0.15) is 0 Å². The molecule has 0 aliphatic carbocycles. The Balaban J connectivity index is 3.02. The van der Waals surface area contributed by atoms with Crippen LogP contribution in [0.4, 0.5) is 0 Å². The number of nitrogens with zero attached hydrogens (tertiary/aromatic N) is 3. The fraction of sp³-hybridized carbons (Fsp3) is 0.444. The number of hydrogen-bond acceptors (Lipinski definition) is 4. The molecule has 0 radical (unpaired) electrons. The maximum Gasteiger partial charge on any atom is 0.246 e. The molecule has 1 rings (SSSR count). The number of aliphatic hydroxyl groups is 1. The molecule has 16 heavy (non-hydrogen) atoms. The lowest BCUT2D eigenvalue weighted by atomic mass is 10.6. The van der Waals surface area contributed by atoms with Gasteiger partial charge in [0, 0.05) is 26.3 Å². The number of sulfonamides is 1. The van der Waals surface area contributed by atoms with Gasteiger partial charge in [0.25, 0.3) is 0 Å². The SMILES string of the molecule is C=CCN(CCO)S(=O)(=O)c1cnn(C)c1. The molecule has 0 aliphatic heterocycles. The van der Waals surface area contributed by atoms with Crippen LogP contribution >= 0.6 is 0 Å². The molecule has 7 heteroatoms. The Morgan fingerprint density at radius 3 is 2.81 bits per heavy atom. The molecule has 1 heterocycles. The van der Waals surface area contributed by atoms with Crippen molar-refractivity contribution in [3.05, 3.63) is 25.0 Å². The van der Waals surface area contributed by atoms with Gasteiger partial charge in [0.15, 0.2) is 0 Å². The van der Waals surface area contributed by atoms with E-state index in [1.54, 1.807) is 7.05 Å². The van der Waals surface area contributed by atoms with Crippen molar-refractivity contribution in [2.24, 2.45) is 7.05 Å². The van der Waals surface area contributed by atoms with Crippen molar-refractivity contribution >= 4 is 10.0 Å². The van der Waals surface area contributed by atoms with E-state index in [1.165, 1.54) is 23.2 Å². The summed E-state index contributed by atoms with van der Waals surface area (Å²) < 4.78 is 26.6. The maximum absolute atomic E-state index is 12.0. The van der Waals surface area contributed by atoms with E-state index in [1.807, 2.05) is 0 Å². The van der Waals surface area contributed by atoms with Gasteiger partial charge in [-0.15, -0.1) is 6.58 Å². The van der Waals surface area contributed by atoms with Crippen molar-refractivity contribution in [3.8, 4) is 0 Å². The summed E-state index contributed by atoms with van der Waals surface area (Å²) in [4.78, 5) is 0.116. The van der Waals surface area contributed by atoms with Gasteiger partial charge in [-0.05, 0) is 0 Å². The standard InChI is InChI=1S/C9H15N3O3S/c1-3-4-12(5-6-13)16(14,15)9-7-10-11(2)8-9/h3,7-8,13H,1,4-6H2,2H3. The maximum atomic E-state index is 12.0. The number of rotatable bonds is 6. The molecule has 0 aliphatic rings. The minimum atomic E-state index is -3.59. The molecule has 0 atom stereocenters. The average molecular weight is 245 g/mol. The third-order valence-corrected chi connectivity index (χ3v) is 3.82. The van der Waals surface area contributed by atoms with Crippen molar-refractivity contribution in [3.63, 3.8) is 0 Å². The van der Waals surface area contributed by atoms with E-state index in [-0.39, 0.29) is 24.6 Å². The first-order chi connectivity index (χ1) is 7.52. The van der Waals surface area contributed by atoms with Crippen LogP contribution in [0.5, 0.6) is 0 Å². The van der Waals surface area contributed by atoms with Crippen LogP contribution in [-0.2, 0) is 17.1 Å². The molecule has 0 amide bonds. The summed E-state index contributed by atoms with van der Waals surface area (Å²) in [5.41, 5.74) is 0. The van der Waals surface area contributed by atoms with Crippen molar-refractivity contribution < 1.29 is 13.5 Å². The molecule has 0 saturated heterocycles. The zero-order chi connectivity index (χ0) is 12.2. The first kappa shape index (κ1) is 12.9. The van der Waals surface area contributed by atoms with E-state index in [2.05, 4.69) is 11.7 Å². The summed E-state index contributed by atoms with van der Waals surface area (Å²) in [5.74, 6) is 0. The predicted octanol–water partition coefficient (Wildman–Crippen LogP) is -0.411. The Kier molecular flexibility index (Phi) is 4.22. The second kappa shape index (κ2) is 5.24. The van der Waals surface area contributed by atoms with Gasteiger partial charge >= 0.3 is 0 Å². The molecular weight excluding hydrogens is 230 g/mol. The molecule has 0 bridgehead atoms. The van der Waals surface area contributed by atoms with Crippen molar-refractivity contribution in [1.82, 2.24) is 14.1 Å². The number of hydrogen-bond donors (Lipinski definition) is 1. The molecule has 6 nitrogen and oxygen atoms in total. The highest BCUT2D eigenvalue weighted by molar-refractivity contribution is 7.89. The lowest BCUT2D eigenvalue weighted by Gasteiger charge is -2.18. The topological polar surface area (TPSA) is 75.4 Å². The summed E-state index contributed by atoms with van der Waals surface area (Å²) in [5, 5.41) is 12.6. The van der Waals surface area contributed by atoms with Crippen LogP contribution in [0.3, 0.4) is 0 Å². The van der Waals surface area contributed by atoms with Crippen LogP contribution in [0.25, 0.3) is 0 Å². The van der Waals surface area contributed by atoms with Crippen molar-refractivity contribution in [2.45, 2.75) is 4.90 Å². The van der Waals surface area contributed by atoms with Crippen LogP contribution in [-0.4, -0.2) is 47.3 Å². The second-order valence-electron chi connectivity index (χ2n) is 3.23. The first-order valence-corrected chi connectivity index (χ1v) is 6.17. The molecule has 0 unspecified atom stereocenters. The fourth-order valence-electron chi connectivity index (χ4n) is 1.25. The van der Waals surface area contributed by atoms with Gasteiger partial charge in [-0.3, -0.25) is 4.68 Å². The quantitative estimate of drug-likeness (QED) is 0.691. The summed E-state index contributed by atoms with van der Waals surface area (Å²) in [6, 6.07) is 0. The van der Waals surface area contributed by atoms with Gasteiger partial charge in [-0.1, -0.05) is 6.08 Å². The van der Waals surface area contributed by atoms with E-state index in [0.29, 0.717) is 0 Å². The highest BCUT2D eigenvalue weighted by Gasteiger charge is 2.24. The zero-order valence-electron chi connectivity index (χ0n) is 9.07. The predicted molar refractivity (Wildman–Crippen MR) is 59.2 cm³/mol. The second-order valence-corrected chi connectivity index (χ2v) is 5.16. The van der Waals surface area contributed by atoms with Crippen molar-refractivity contribution in [1.29, 1.82) is 0 Å². The Hall–Kier alpha value is -1.18. The highest BCUT2D eigenvalue weighted by atomic mass is 32.2. The van der Waals surface area contributed by atoms with E-state index in [0.717, 1.165) is 4.31 Å². The Morgan fingerprint density at radius 2 is 2.38 bits per heavy atom. The molecule has 1 aromatic rings. The molecule has 90 valence electrons. The molecule has 0 aromatic carbocycles. The minimum Gasteiger partial charge on any atom is -0.395 e. The smallest absolute Gasteiger partial charge is 0.246 e. The number of aryl methyl sites for hydroxylation is 1. The molecule has 0 spiro atoms. The van der Waals surface area contributed by atoms with Crippen LogP contribution < -0.4 is 0 Å². The van der Waals surface area contributed by atoms with E-state index in [9.17, 15) is 8.42 Å². The van der Waals surface area contributed by atoms with Crippen LogP contribution in [0.15, 0.2) is 29.9 Å². The molecule has 1 N–H and O–H groups in total. The molecular formula is C9H15N3O3S. The average Bonchev–Trinajstić information content (AvgIpc) is 2.65. The Bertz CT molecular complexity index is 452. The number of aromatic nitrogens is 2. The zero-order valence-corrected chi connectivity index (χ0v) is 9.89. The minimum absolute atomic E-state index is 0.0449.